The molecule has 0 saturated heterocycles. The molecule has 13 N–H and O–H groups in total. The quantitative estimate of drug-likeness (QED) is 0.0538. The molecule has 0 radical (unpaired) electrons. The first-order valence-electron chi connectivity index (χ1n) is 18.8. The fraction of sp³-hybridized carbons (Fsp3) is 0.462. The van der Waals surface area contributed by atoms with Crippen molar-refractivity contribution in [2.75, 3.05) is 0 Å². The number of carbonyl (C=O) groups is 9. The largest absolute Gasteiger partial charge is 0.508 e. The first kappa shape index (κ1) is 49.5. The van der Waals surface area contributed by atoms with E-state index in [4.69, 9.17) is 10.8 Å². The van der Waals surface area contributed by atoms with Gasteiger partial charge in [0.05, 0.1) is 18.6 Å². The maximum Gasteiger partial charge on any atom is 0.326 e. The lowest BCUT2D eigenvalue weighted by Crippen LogP contribution is -2.62. The van der Waals surface area contributed by atoms with Crippen molar-refractivity contribution in [2.45, 2.75) is 108 Å². The summed E-state index contributed by atoms with van der Waals surface area (Å²) < 4.78 is 0. The summed E-state index contributed by atoms with van der Waals surface area (Å²) in [5.41, 5.74) is 6.52. The maximum absolute atomic E-state index is 14.2. The minimum absolute atomic E-state index is 0.107. The smallest absolute Gasteiger partial charge is 0.326 e. The minimum atomic E-state index is -1.83. The minimum Gasteiger partial charge on any atom is -0.508 e. The molecule has 2 aromatic carbocycles. The van der Waals surface area contributed by atoms with Gasteiger partial charge in [-0.1, -0.05) is 56.3 Å². The summed E-state index contributed by atoms with van der Waals surface area (Å²) in [7, 11) is 0. The maximum atomic E-state index is 14.2. The monoisotopic (exact) mass is 843 g/mol. The highest BCUT2D eigenvalue weighted by Crippen LogP contribution is 2.14. The van der Waals surface area contributed by atoms with Crippen LogP contribution in [0, 0.1) is 5.92 Å². The Morgan fingerprint density at radius 3 is 1.48 bits per heavy atom. The first-order chi connectivity index (χ1) is 28.1. The molecule has 6 amide bonds. The summed E-state index contributed by atoms with van der Waals surface area (Å²) in [6, 6.07) is 3.22. The van der Waals surface area contributed by atoms with Crippen LogP contribution in [-0.4, -0.2) is 127 Å². The van der Waals surface area contributed by atoms with Crippen LogP contribution < -0.4 is 37.6 Å². The van der Waals surface area contributed by atoms with Gasteiger partial charge in [0.15, 0.2) is 0 Å². The van der Waals surface area contributed by atoms with E-state index in [1.165, 1.54) is 45.0 Å². The van der Waals surface area contributed by atoms with Gasteiger partial charge in [-0.05, 0) is 49.4 Å². The number of hydrogen-bond donors (Lipinski definition) is 12. The van der Waals surface area contributed by atoms with E-state index in [1.807, 2.05) is 0 Å². The number of carboxylic acids is 3. The predicted octanol–water partition coefficient (Wildman–Crippen LogP) is -2.11. The molecule has 0 unspecified atom stereocenters. The normalized spacial score (nSPS) is 15.0. The molecule has 0 aliphatic carbocycles. The number of rotatable bonds is 24. The average Bonchev–Trinajstić information content (AvgIpc) is 3.16. The molecule has 0 aromatic heterocycles. The van der Waals surface area contributed by atoms with Crippen molar-refractivity contribution in [1.82, 2.24) is 31.9 Å². The zero-order valence-corrected chi connectivity index (χ0v) is 33.4. The number of hydrogen-bond acceptors (Lipinski definition) is 12. The molecule has 2 aromatic rings. The second-order valence-electron chi connectivity index (χ2n) is 14.4. The Morgan fingerprint density at radius 1 is 0.550 bits per heavy atom. The highest BCUT2D eigenvalue weighted by Gasteiger charge is 2.36. The van der Waals surface area contributed by atoms with Crippen molar-refractivity contribution in [3.8, 4) is 5.75 Å². The van der Waals surface area contributed by atoms with Gasteiger partial charge in [0.2, 0.25) is 35.4 Å². The van der Waals surface area contributed by atoms with Crippen LogP contribution in [0.1, 0.15) is 58.1 Å². The van der Waals surface area contributed by atoms with Crippen LogP contribution in [-0.2, 0) is 56.0 Å². The van der Waals surface area contributed by atoms with Crippen LogP contribution in [0.25, 0.3) is 0 Å². The number of phenols is 1. The van der Waals surface area contributed by atoms with Gasteiger partial charge in [-0.15, -0.1) is 0 Å². The van der Waals surface area contributed by atoms with Crippen molar-refractivity contribution < 1.29 is 68.7 Å². The molecule has 60 heavy (non-hydrogen) atoms. The van der Waals surface area contributed by atoms with E-state index in [1.54, 1.807) is 30.3 Å². The van der Waals surface area contributed by atoms with Crippen molar-refractivity contribution in [3.05, 3.63) is 65.7 Å². The molecule has 8 atom stereocenters. The van der Waals surface area contributed by atoms with Crippen molar-refractivity contribution >= 4 is 53.4 Å². The molecule has 21 nitrogen and oxygen atoms in total. The SMILES string of the molecule is CC(C)[C@H](NC(=O)[C@H](Cc1ccc(O)cc1)NC(=O)[C@H](Cc1ccccc1)NC(=O)[C@@H](NC(=O)[C@H](CCC(=O)O)NC(=O)[C@H](C)N)[C@@H](C)O)C(=O)N[C@@H](CC(=O)O)C(=O)O. The van der Waals surface area contributed by atoms with Gasteiger partial charge in [-0.2, -0.15) is 0 Å². The topological polar surface area (TPSA) is 353 Å². The van der Waals surface area contributed by atoms with E-state index in [0.29, 0.717) is 11.1 Å². The summed E-state index contributed by atoms with van der Waals surface area (Å²) in [5, 5.41) is 62.4. The van der Waals surface area contributed by atoms with Gasteiger partial charge in [-0.25, -0.2) is 4.79 Å². The Hall–Kier alpha value is -6.61. The van der Waals surface area contributed by atoms with E-state index in [0.717, 1.165) is 6.92 Å². The molecule has 2 rings (SSSR count). The van der Waals surface area contributed by atoms with Crippen molar-refractivity contribution in [3.63, 3.8) is 0 Å². The molecule has 0 fully saturated rings. The van der Waals surface area contributed by atoms with Crippen LogP contribution in [0.2, 0.25) is 0 Å². The van der Waals surface area contributed by atoms with Crippen LogP contribution >= 0.6 is 0 Å². The average molecular weight is 844 g/mol. The van der Waals surface area contributed by atoms with Gasteiger partial charge >= 0.3 is 17.9 Å². The van der Waals surface area contributed by atoms with E-state index >= 15 is 0 Å². The van der Waals surface area contributed by atoms with Crippen molar-refractivity contribution in [2.24, 2.45) is 11.7 Å². The van der Waals surface area contributed by atoms with Gasteiger partial charge in [0, 0.05) is 19.3 Å². The Kier molecular flexibility index (Phi) is 19.6. The molecule has 0 aliphatic rings. The van der Waals surface area contributed by atoms with Crippen LogP contribution in [0.15, 0.2) is 54.6 Å². The fourth-order valence-corrected chi connectivity index (χ4v) is 5.59. The van der Waals surface area contributed by atoms with Gasteiger partial charge in [0.1, 0.15) is 42.0 Å². The Balaban J connectivity index is 2.48. The predicted molar refractivity (Wildman–Crippen MR) is 210 cm³/mol. The number of aliphatic carboxylic acids is 3. The third-order valence-corrected chi connectivity index (χ3v) is 8.92. The number of aliphatic hydroxyl groups is 1. The molecular formula is C39H53N7O14. The number of aromatic hydroxyl groups is 1. The summed E-state index contributed by atoms with van der Waals surface area (Å²) >= 11 is 0. The molecule has 0 spiro atoms. The van der Waals surface area contributed by atoms with Crippen LogP contribution in [0.5, 0.6) is 5.75 Å². The summed E-state index contributed by atoms with van der Waals surface area (Å²) in [6.45, 7) is 5.53. The Labute approximate surface area is 344 Å². The van der Waals surface area contributed by atoms with E-state index in [9.17, 15) is 63.6 Å². The number of aliphatic hydroxyl groups excluding tert-OH is 1. The van der Waals surface area contributed by atoms with E-state index < -0.39 is 127 Å². The second-order valence-corrected chi connectivity index (χ2v) is 14.4. The lowest BCUT2D eigenvalue weighted by molar-refractivity contribution is -0.147. The molecule has 0 bridgehead atoms. The number of carboxylic acid groups (broad SMARTS) is 3. The lowest BCUT2D eigenvalue weighted by atomic mass is 9.99. The fourth-order valence-electron chi connectivity index (χ4n) is 5.59. The van der Waals surface area contributed by atoms with Gasteiger partial charge < -0.3 is 63.2 Å². The first-order valence-corrected chi connectivity index (χ1v) is 18.8. The molecule has 328 valence electrons. The Morgan fingerprint density at radius 2 is 1.00 bits per heavy atom. The third-order valence-electron chi connectivity index (χ3n) is 8.92. The number of benzene rings is 2. The molecule has 0 saturated carbocycles. The van der Waals surface area contributed by atoms with Crippen LogP contribution in [0.3, 0.4) is 0 Å². The number of nitrogens with one attached hydrogen (secondary N) is 6. The van der Waals surface area contributed by atoms with Crippen molar-refractivity contribution in [1.29, 1.82) is 0 Å². The molecule has 0 heterocycles. The summed E-state index contributed by atoms with van der Waals surface area (Å²) in [4.78, 5) is 115. The summed E-state index contributed by atoms with van der Waals surface area (Å²) in [6.07, 6.45) is -3.97. The van der Waals surface area contributed by atoms with E-state index in [2.05, 4.69) is 31.9 Å². The van der Waals surface area contributed by atoms with E-state index in [-0.39, 0.29) is 18.6 Å². The molecule has 0 aliphatic heterocycles. The zero-order chi connectivity index (χ0) is 45.3. The number of amides is 6. The number of carbonyl (C=O) groups excluding carboxylic acids is 6. The second kappa shape index (κ2) is 23.7. The zero-order valence-electron chi connectivity index (χ0n) is 33.4. The van der Waals surface area contributed by atoms with Crippen LogP contribution in [0.4, 0.5) is 0 Å². The number of phenolic OH excluding ortho intramolecular Hbond substituents is 1. The highest BCUT2D eigenvalue weighted by atomic mass is 16.4. The highest BCUT2D eigenvalue weighted by molar-refractivity contribution is 5.97. The van der Waals surface area contributed by atoms with Gasteiger partial charge in [-0.3, -0.25) is 38.4 Å². The molecular weight excluding hydrogens is 790 g/mol. The lowest BCUT2D eigenvalue weighted by Gasteiger charge is -2.29. The van der Waals surface area contributed by atoms with Gasteiger partial charge in [0.25, 0.3) is 0 Å². The molecule has 21 heteroatoms. The standard InChI is InChI=1S/C39H53N7O14/c1-19(2)31(37(57)44-28(39(59)60)18-30(51)52)45-36(56)27(17-23-10-12-24(48)13-11-23)42-35(55)26(16-22-8-6-5-7-9-22)43-38(58)32(21(4)47)46-34(54)25(14-15-29(49)50)41-33(53)20(3)40/h5-13,19-21,25-28,31-32,47-48H,14-18,40H2,1-4H3,(H,41,53)(H,42,55)(H,43,58)(H,44,57)(H,45,56)(H,46,54)(H,49,50)(H,51,52)(H,59,60)/t20-,21+,25-,26-,27-,28-,31-,32-/m0/s1. The summed E-state index contributed by atoms with van der Waals surface area (Å²) in [5.74, 6) is -11.1. The third kappa shape index (κ3) is 16.7. The Bertz CT molecular complexity index is 1840. The number of nitrogens with two attached hydrogens (primary N) is 1.